The predicted molar refractivity (Wildman–Crippen MR) is 187 cm³/mol. The van der Waals surface area contributed by atoms with Gasteiger partial charge in [-0.1, -0.05) is 123 Å². The average Bonchev–Trinajstić information content (AvgIpc) is 3.02. The van der Waals surface area contributed by atoms with E-state index in [4.69, 9.17) is 14.3 Å². The minimum absolute atomic E-state index is 0.192. The van der Waals surface area contributed by atoms with Crippen LogP contribution in [0.15, 0.2) is 0 Å². The summed E-state index contributed by atoms with van der Waals surface area (Å²) in [5.41, 5.74) is 0. The molecule has 0 saturated carbocycles. The molecule has 0 aliphatic carbocycles. The van der Waals surface area contributed by atoms with Crippen LogP contribution in [-0.2, 0) is 19.1 Å². The molecule has 0 radical (unpaired) electrons. The van der Waals surface area contributed by atoms with E-state index in [9.17, 15) is 4.79 Å². The standard InChI is InChI=1S/C38H76N2O4/c1-5-7-9-11-13-15-18-24-34-44-40(38(41)30-26-31-39(3)4)36(27-20-16-14-12-10-8-6-2)28-21-17-19-23-32-42-35-37-29-22-25-33-43-37/h36-37H,5-35H2,1-4H3. The van der Waals surface area contributed by atoms with Crippen LogP contribution >= 0.6 is 0 Å². The molecule has 2 unspecified atom stereocenters. The zero-order valence-electron chi connectivity index (χ0n) is 30.1. The van der Waals surface area contributed by atoms with E-state index in [0.29, 0.717) is 19.1 Å². The van der Waals surface area contributed by atoms with Gasteiger partial charge >= 0.3 is 0 Å². The van der Waals surface area contributed by atoms with Gasteiger partial charge in [-0.05, 0) is 72.0 Å². The summed E-state index contributed by atoms with van der Waals surface area (Å²) in [5, 5.41) is 1.86. The van der Waals surface area contributed by atoms with Crippen molar-refractivity contribution in [3.05, 3.63) is 0 Å². The maximum absolute atomic E-state index is 13.5. The normalized spacial score (nSPS) is 16.1. The third-order valence-electron chi connectivity index (χ3n) is 9.10. The lowest BCUT2D eigenvalue weighted by molar-refractivity contribution is -0.203. The Labute approximate surface area is 274 Å². The van der Waals surface area contributed by atoms with Crippen molar-refractivity contribution in [2.75, 3.05) is 47.1 Å². The molecule has 1 fully saturated rings. The summed E-state index contributed by atoms with van der Waals surface area (Å²) in [7, 11) is 4.16. The Bertz CT molecular complexity index is 612. The van der Waals surface area contributed by atoms with Gasteiger partial charge in [-0.15, -0.1) is 0 Å². The Balaban J connectivity index is 2.55. The Kier molecular flexibility index (Phi) is 29.1. The van der Waals surface area contributed by atoms with Crippen LogP contribution in [0.2, 0.25) is 0 Å². The van der Waals surface area contributed by atoms with Crippen LogP contribution in [0.1, 0.15) is 181 Å². The van der Waals surface area contributed by atoms with Crippen molar-refractivity contribution in [2.45, 2.75) is 193 Å². The van der Waals surface area contributed by atoms with Gasteiger partial charge in [0.05, 0.1) is 25.4 Å². The zero-order chi connectivity index (χ0) is 31.9. The maximum Gasteiger partial charge on any atom is 0.246 e. The number of unbranched alkanes of at least 4 members (excludes halogenated alkanes) is 16. The molecule has 1 amide bonds. The summed E-state index contributed by atoms with van der Waals surface area (Å²) in [6.45, 7) is 8.64. The summed E-state index contributed by atoms with van der Waals surface area (Å²) in [5.74, 6) is 0.192. The molecular weight excluding hydrogens is 548 g/mol. The molecule has 1 saturated heterocycles. The quantitative estimate of drug-likeness (QED) is 0.0551. The summed E-state index contributed by atoms with van der Waals surface area (Å²) in [6.07, 6.45) is 31.5. The summed E-state index contributed by atoms with van der Waals surface area (Å²) >= 11 is 0. The number of hydrogen-bond donors (Lipinski definition) is 0. The first-order valence-electron chi connectivity index (χ1n) is 19.4. The second-order valence-electron chi connectivity index (χ2n) is 13.8. The second-order valence-corrected chi connectivity index (χ2v) is 13.8. The molecule has 2 atom stereocenters. The first-order valence-corrected chi connectivity index (χ1v) is 19.4. The SMILES string of the molecule is CCCCCCCCCCON(C(=O)CCCN(C)C)C(CCCCCCCCC)CCCCCCOCC1CCCCO1. The molecule has 44 heavy (non-hydrogen) atoms. The molecule has 0 N–H and O–H groups in total. The molecule has 1 rings (SSSR count). The minimum Gasteiger partial charge on any atom is -0.379 e. The fourth-order valence-corrected chi connectivity index (χ4v) is 6.24. The lowest BCUT2D eigenvalue weighted by Crippen LogP contribution is -2.41. The smallest absolute Gasteiger partial charge is 0.246 e. The summed E-state index contributed by atoms with van der Waals surface area (Å²) < 4.78 is 11.7. The molecule has 1 aliphatic rings. The molecule has 6 nitrogen and oxygen atoms in total. The van der Waals surface area contributed by atoms with Gasteiger partial charge in [-0.2, -0.15) is 0 Å². The van der Waals surface area contributed by atoms with Crippen LogP contribution in [0.3, 0.4) is 0 Å². The molecule has 0 aromatic rings. The van der Waals surface area contributed by atoms with E-state index in [1.54, 1.807) is 0 Å². The molecule has 0 bridgehead atoms. The van der Waals surface area contributed by atoms with Crippen LogP contribution in [-0.4, -0.2) is 75.1 Å². The summed E-state index contributed by atoms with van der Waals surface area (Å²) in [6, 6.07) is 0.200. The Morgan fingerprint density at radius 3 is 1.80 bits per heavy atom. The van der Waals surface area contributed by atoms with Crippen LogP contribution < -0.4 is 0 Å². The number of ether oxygens (including phenoxy) is 2. The highest BCUT2D eigenvalue weighted by molar-refractivity contribution is 5.75. The predicted octanol–water partition coefficient (Wildman–Crippen LogP) is 10.3. The van der Waals surface area contributed by atoms with Gasteiger partial charge < -0.3 is 14.4 Å². The van der Waals surface area contributed by atoms with Gasteiger partial charge in [-0.3, -0.25) is 9.63 Å². The molecule has 6 heteroatoms. The molecule has 0 spiro atoms. The molecular formula is C38H76N2O4. The van der Waals surface area contributed by atoms with Crippen LogP contribution in [0, 0.1) is 0 Å². The number of hydrogen-bond acceptors (Lipinski definition) is 5. The van der Waals surface area contributed by atoms with Crippen molar-refractivity contribution in [1.82, 2.24) is 9.96 Å². The number of hydroxylamine groups is 2. The van der Waals surface area contributed by atoms with E-state index in [1.165, 1.54) is 116 Å². The topological polar surface area (TPSA) is 51.2 Å². The Hall–Kier alpha value is -0.690. The third-order valence-corrected chi connectivity index (χ3v) is 9.10. The zero-order valence-corrected chi connectivity index (χ0v) is 30.1. The third kappa shape index (κ3) is 24.5. The van der Waals surface area contributed by atoms with Gasteiger partial charge in [-0.25, -0.2) is 5.06 Å². The number of amides is 1. The van der Waals surface area contributed by atoms with E-state index in [0.717, 1.165) is 71.3 Å². The minimum atomic E-state index is 0.192. The number of nitrogens with zero attached hydrogens (tertiary/aromatic N) is 2. The number of carbonyl (C=O) groups excluding carboxylic acids is 1. The molecule has 0 aromatic heterocycles. The van der Waals surface area contributed by atoms with E-state index in [2.05, 4.69) is 32.8 Å². The lowest BCUT2D eigenvalue weighted by Gasteiger charge is -2.31. The Morgan fingerprint density at radius 1 is 0.705 bits per heavy atom. The highest BCUT2D eigenvalue weighted by Crippen LogP contribution is 2.21. The first-order chi connectivity index (χ1) is 21.6. The maximum atomic E-state index is 13.5. The second kappa shape index (κ2) is 30.9. The largest absolute Gasteiger partial charge is 0.379 e. The fourth-order valence-electron chi connectivity index (χ4n) is 6.24. The van der Waals surface area contributed by atoms with Gasteiger partial charge in [0.15, 0.2) is 0 Å². The van der Waals surface area contributed by atoms with Gasteiger partial charge in [0.2, 0.25) is 5.91 Å². The van der Waals surface area contributed by atoms with Crippen molar-refractivity contribution in [1.29, 1.82) is 0 Å². The van der Waals surface area contributed by atoms with Gasteiger partial charge in [0, 0.05) is 19.6 Å². The molecule has 0 aromatic carbocycles. The van der Waals surface area contributed by atoms with E-state index in [1.807, 2.05) is 5.06 Å². The van der Waals surface area contributed by atoms with Crippen molar-refractivity contribution < 1.29 is 19.1 Å². The van der Waals surface area contributed by atoms with Gasteiger partial charge in [0.1, 0.15) is 0 Å². The van der Waals surface area contributed by atoms with E-state index >= 15 is 0 Å². The van der Waals surface area contributed by atoms with Crippen molar-refractivity contribution in [3.63, 3.8) is 0 Å². The molecule has 262 valence electrons. The van der Waals surface area contributed by atoms with Crippen molar-refractivity contribution in [3.8, 4) is 0 Å². The first kappa shape index (κ1) is 41.3. The number of carbonyl (C=O) groups is 1. The highest BCUT2D eigenvalue weighted by Gasteiger charge is 2.24. The van der Waals surface area contributed by atoms with E-state index < -0.39 is 0 Å². The molecule has 1 heterocycles. The average molecular weight is 625 g/mol. The van der Waals surface area contributed by atoms with Crippen LogP contribution in [0.4, 0.5) is 0 Å². The highest BCUT2D eigenvalue weighted by atomic mass is 16.7. The Morgan fingerprint density at radius 2 is 1.25 bits per heavy atom. The monoisotopic (exact) mass is 625 g/mol. The van der Waals surface area contributed by atoms with Crippen molar-refractivity contribution >= 4 is 5.91 Å². The lowest BCUT2D eigenvalue weighted by atomic mass is 9.99. The number of rotatable bonds is 32. The van der Waals surface area contributed by atoms with Crippen LogP contribution in [0.5, 0.6) is 0 Å². The van der Waals surface area contributed by atoms with Crippen LogP contribution in [0.25, 0.3) is 0 Å². The van der Waals surface area contributed by atoms with Crippen molar-refractivity contribution in [2.24, 2.45) is 0 Å². The van der Waals surface area contributed by atoms with Gasteiger partial charge in [0.25, 0.3) is 0 Å². The van der Waals surface area contributed by atoms with E-state index in [-0.39, 0.29) is 11.9 Å². The molecule has 1 aliphatic heterocycles. The summed E-state index contributed by atoms with van der Waals surface area (Å²) in [4.78, 5) is 22.1. The fraction of sp³-hybridized carbons (Fsp3) is 0.974.